The standard InChI is InChI=1S/C16H18O2/c1-16(2,3)18-11-15(17)14-9-8-12-6-4-5-7-13(12)10-14/h4-10H,11H2,1-3H3. The van der Waals surface area contributed by atoms with E-state index in [4.69, 9.17) is 4.74 Å². The zero-order chi connectivity index (χ0) is 13.2. The summed E-state index contributed by atoms with van der Waals surface area (Å²) in [5.74, 6) is 0.0238. The second kappa shape index (κ2) is 4.91. The van der Waals surface area contributed by atoms with Gasteiger partial charge in [-0.2, -0.15) is 0 Å². The first-order chi connectivity index (χ1) is 8.46. The molecule has 0 aliphatic carbocycles. The molecule has 94 valence electrons. The number of carbonyl (C=O) groups excluding carboxylic acids is 1. The minimum absolute atomic E-state index is 0.0238. The van der Waals surface area contributed by atoms with Crippen molar-refractivity contribution in [2.45, 2.75) is 26.4 Å². The van der Waals surface area contributed by atoms with Crippen molar-refractivity contribution in [3.05, 3.63) is 48.0 Å². The van der Waals surface area contributed by atoms with Gasteiger partial charge in [-0.05, 0) is 37.6 Å². The summed E-state index contributed by atoms with van der Waals surface area (Å²) < 4.78 is 5.51. The molecule has 2 heteroatoms. The molecule has 2 rings (SSSR count). The fraction of sp³-hybridized carbons (Fsp3) is 0.312. The molecule has 2 nitrogen and oxygen atoms in total. The maximum absolute atomic E-state index is 12.0. The van der Waals surface area contributed by atoms with Crippen LogP contribution in [0.2, 0.25) is 0 Å². The highest BCUT2D eigenvalue weighted by molar-refractivity contribution is 6.00. The van der Waals surface area contributed by atoms with Crippen molar-refractivity contribution in [3.8, 4) is 0 Å². The second-order valence-corrected chi connectivity index (χ2v) is 5.39. The fourth-order valence-corrected chi connectivity index (χ4v) is 1.73. The van der Waals surface area contributed by atoms with Gasteiger partial charge in [0, 0.05) is 5.56 Å². The maximum atomic E-state index is 12.0. The van der Waals surface area contributed by atoms with Gasteiger partial charge < -0.3 is 4.74 Å². The minimum Gasteiger partial charge on any atom is -0.368 e. The second-order valence-electron chi connectivity index (χ2n) is 5.39. The van der Waals surface area contributed by atoms with Crippen LogP contribution in [0.3, 0.4) is 0 Å². The lowest BCUT2D eigenvalue weighted by molar-refractivity contribution is 0.00307. The van der Waals surface area contributed by atoms with Gasteiger partial charge in [-0.1, -0.05) is 36.4 Å². The van der Waals surface area contributed by atoms with Gasteiger partial charge in [0.25, 0.3) is 0 Å². The van der Waals surface area contributed by atoms with Gasteiger partial charge in [0.2, 0.25) is 0 Å². The monoisotopic (exact) mass is 242 g/mol. The molecule has 0 spiro atoms. The molecule has 0 bridgehead atoms. The molecule has 2 aromatic rings. The average molecular weight is 242 g/mol. The smallest absolute Gasteiger partial charge is 0.188 e. The highest BCUT2D eigenvalue weighted by Gasteiger charge is 2.14. The van der Waals surface area contributed by atoms with Crippen LogP contribution in [0.4, 0.5) is 0 Å². The zero-order valence-electron chi connectivity index (χ0n) is 11.1. The topological polar surface area (TPSA) is 26.3 Å². The number of ether oxygens (including phenoxy) is 1. The van der Waals surface area contributed by atoms with Gasteiger partial charge in [0.15, 0.2) is 5.78 Å². The molecule has 0 saturated carbocycles. The van der Waals surface area contributed by atoms with E-state index in [9.17, 15) is 4.79 Å². The Morgan fingerprint density at radius 2 is 1.72 bits per heavy atom. The Hall–Kier alpha value is -1.67. The molecule has 0 heterocycles. The summed E-state index contributed by atoms with van der Waals surface area (Å²) in [7, 11) is 0. The maximum Gasteiger partial charge on any atom is 0.188 e. The Bertz CT molecular complexity index is 565. The molecule has 0 fully saturated rings. The molecule has 0 radical (unpaired) electrons. The van der Waals surface area contributed by atoms with Gasteiger partial charge >= 0.3 is 0 Å². The van der Waals surface area contributed by atoms with E-state index in [1.54, 1.807) is 0 Å². The van der Waals surface area contributed by atoms with E-state index >= 15 is 0 Å². The third kappa shape index (κ3) is 3.17. The Balaban J connectivity index is 2.18. The lowest BCUT2D eigenvalue weighted by Crippen LogP contribution is -2.23. The van der Waals surface area contributed by atoms with E-state index in [2.05, 4.69) is 0 Å². The summed E-state index contributed by atoms with van der Waals surface area (Å²) in [5, 5.41) is 2.23. The summed E-state index contributed by atoms with van der Waals surface area (Å²) in [6.45, 7) is 5.96. The normalized spacial score (nSPS) is 11.7. The highest BCUT2D eigenvalue weighted by Crippen LogP contribution is 2.16. The number of fused-ring (bicyclic) bond motifs is 1. The molecule has 0 amide bonds. The van der Waals surface area contributed by atoms with E-state index in [0.29, 0.717) is 5.56 Å². The molecule has 0 aliphatic rings. The fourth-order valence-electron chi connectivity index (χ4n) is 1.73. The molecular formula is C16H18O2. The van der Waals surface area contributed by atoms with Crippen LogP contribution >= 0.6 is 0 Å². The highest BCUT2D eigenvalue weighted by atomic mass is 16.5. The zero-order valence-corrected chi connectivity index (χ0v) is 11.1. The number of benzene rings is 2. The summed E-state index contributed by atoms with van der Waals surface area (Å²) in [6, 6.07) is 13.8. The van der Waals surface area contributed by atoms with E-state index < -0.39 is 0 Å². The summed E-state index contributed by atoms with van der Waals surface area (Å²) in [6.07, 6.45) is 0. The van der Waals surface area contributed by atoms with Crippen molar-refractivity contribution in [1.82, 2.24) is 0 Å². The van der Waals surface area contributed by atoms with Crippen LogP contribution in [0.5, 0.6) is 0 Å². The van der Waals surface area contributed by atoms with Gasteiger partial charge in [-0.25, -0.2) is 0 Å². The predicted molar refractivity (Wildman–Crippen MR) is 74.0 cm³/mol. The van der Waals surface area contributed by atoms with E-state index in [-0.39, 0.29) is 18.0 Å². The Morgan fingerprint density at radius 3 is 2.39 bits per heavy atom. The molecule has 0 atom stereocenters. The number of rotatable bonds is 3. The Kier molecular flexibility index (Phi) is 3.48. The van der Waals surface area contributed by atoms with E-state index in [0.717, 1.165) is 10.8 Å². The van der Waals surface area contributed by atoms with Crippen molar-refractivity contribution in [2.75, 3.05) is 6.61 Å². The van der Waals surface area contributed by atoms with Crippen molar-refractivity contribution in [1.29, 1.82) is 0 Å². The van der Waals surface area contributed by atoms with Gasteiger partial charge in [-0.15, -0.1) is 0 Å². The number of hydrogen-bond acceptors (Lipinski definition) is 2. The van der Waals surface area contributed by atoms with Crippen LogP contribution in [0, 0.1) is 0 Å². The quantitative estimate of drug-likeness (QED) is 0.764. The van der Waals surface area contributed by atoms with Crippen LogP contribution in [0.1, 0.15) is 31.1 Å². The lowest BCUT2D eigenvalue weighted by Gasteiger charge is -2.18. The number of hydrogen-bond donors (Lipinski definition) is 0. The summed E-state index contributed by atoms with van der Waals surface area (Å²) in [4.78, 5) is 12.0. The molecule has 18 heavy (non-hydrogen) atoms. The first kappa shape index (κ1) is 12.8. The average Bonchev–Trinajstić information content (AvgIpc) is 2.34. The first-order valence-corrected chi connectivity index (χ1v) is 6.12. The van der Waals surface area contributed by atoms with Crippen LogP contribution in [-0.2, 0) is 4.74 Å². The Morgan fingerprint density at radius 1 is 1.06 bits per heavy atom. The van der Waals surface area contributed by atoms with E-state index in [1.165, 1.54) is 0 Å². The molecular weight excluding hydrogens is 224 g/mol. The molecule has 0 saturated heterocycles. The number of Topliss-reactive ketones (excluding diaryl/α,β-unsaturated/α-hetero) is 1. The van der Waals surface area contributed by atoms with Gasteiger partial charge in [0.05, 0.1) is 5.60 Å². The van der Waals surface area contributed by atoms with Crippen molar-refractivity contribution in [2.24, 2.45) is 0 Å². The van der Waals surface area contributed by atoms with Crippen LogP contribution < -0.4 is 0 Å². The molecule has 0 aromatic heterocycles. The number of ketones is 1. The van der Waals surface area contributed by atoms with Crippen molar-refractivity contribution < 1.29 is 9.53 Å². The van der Waals surface area contributed by atoms with Crippen LogP contribution in [0.25, 0.3) is 10.8 Å². The largest absolute Gasteiger partial charge is 0.368 e. The van der Waals surface area contributed by atoms with Crippen LogP contribution in [0.15, 0.2) is 42.5 Å². The first-order valence-electron chi connectivity index (χ1n) is 6.12. The Labute approximate surface area is 108 Å². The molecule has 0 aliphatic heterocycles. The molecule has 2 aromatic carbocycles. The van der Waals surface area contributed by atoms with E-state index in [1.807, 2.05) is 63.2 Å². The van der Waals surface area contributed by atoms with Gasteiger partial charge in [-0.3, -0.25) is 4.79 Å². The van der Waals surface area contributed by atoms with Crippen molar-refractivity contribution >= 4 is 16.6 Å². The SMILES string of the molecule is CC(C)(C)OCC(=O)c1ccc2ccccc2c1. The van der Waals surface area contributed by atoms with Crippen LogP contribution in [-0.4, -0.2) is 18.0 Å². The predicted octanol–water partition coefficient (Wildman–Crippen LogP) is 3.84. The lowest BCUT2D eigenvalue weighted by atomic mass is 10.0. The van der Waals surface area contributed by atoms with Gasteiger partial charge in [0.1, 0.15) is 6.61 Å². The number of carbonyl (C=O) groups is 1. The third-order valence-corrected chi connectivity index (χ3v) is 2.71. The molecule has 0 unspecified atom stereocenters. The summed E-state index contributed by atoms with van der Waals surface area (Å²) >= 11 is 0. The third-order valence-electron chi connectivity index (χ3n) is 2.71. The van der Waals surface area contributed by atoms with Crippen molar-refractivity contribution in [3.63, 3.8) is 0 Å². The molecule has 0 N–H and O–H groups in total. The summed E-state index contributed by atoms with van der Waals surface area (Å²) in [5.41, 5.74) is 0.421. The minimum atomic E-state index is -0.285.